The van der Waals surface area contributed by atoms with Gasteiger partial charge in [-0.15, -0.1) is 0 Å². The molecule has 4 nitrogen and oxygen atoms in total. The molecule has 0 saturated carbocycles. The van der Waals surface area contributed by atoms with E-state index < -0.39 is 0 Å². The molecule has 2 aliphatic rings. The van der Waals surface area contributed by atoms with Gasteiger partial charge in [-0.05, 0) is 61.1 Å². The van der Waals surface area contributed by atoms with Gasteiger partial charge in [0, 0.05) is 55.3 Å². The largest absolute Gasteiger partial charge is 0.368 e. The van der Waals surface area contributed by atoms with Gasteiger partial charge in [0.25, 0.3) is 0 Å². The number of hydrogen-bond acceptors (Lipinski definition) is 3. The van der Waals surface area contributed by atoms with Crippen LogP contribution < -0.4 is 4.90 Å². The molecule has 1 saturated heterocycles. The molecule has 2 aromatic carbocycles. The fourth-order valence-corrected chi connectivity index (χ4v) is 4.50. The lowest BCUT2D eigenvalue weighted by Crippen LogP contribution is -2.48. The Morgan fingerprint density at radius 1 is 0.862 bits per heavy atom. The summed E-state index contributed by atoms with van der Waals surface area (Å²) in [5, 5.41) is 0.724. The Morgan fingerprint density at radius 3 is 2.38 bits per heavy atom. The van der Waals surface area contributed by atoms with Gasteiger partial charge in [0.05, 0.1) is 0 Å². The van der Waals surface area contributed by atoms with Crippen LogP contribution in [0.2, 0.25) is 5.02 Å². The van der Waals surface area contributed by atoms with Crippen LogP contribution in [0.25, 0.3) is 0 Å². The second-order valence-corrected chi connectivity index (χ2v) is 8.40. The summed E-state index contributed by atoms with van der Waals surface area (Å²) in [4.78, 5) is 29.3. The number of nitrogens with zero attached hydrogens (tertiary/aromatic N) is 2. The number of anilines is 1. The molecule has 0 aromatic heterocycles. The molecule has 29 heavy (non-hydrogen) atoms. The molecule has 152 valence electrons. The summed E-state index contributed by atoms with van der Waals surface area (Å²) in [7, 11) is 0. The number of ketones is 1. The number of halogens is 1. The molecule has 1 fully saturated rings. The van der Waals surface area contributed by atoms with Crippen molar-refractivity contribution in [2.24, 2.45) is 0 Å². The van der Waals surface area contributed by atoms with Crippen LogP contribution in [0.15, 0.2) is 42.5 Å². The standard InChI is InChI=1S/C24H27ClN2O2/c25-21-6-3-7-22(17-21)26-12-14-27(15-13-26)24(29)11-10-23(28)20-9-8-18-4-1-2-5-19(18)16-20/h3,6-9,16-17H,1-2,4-5,10-15H2. The predicted molar refractivity (Wildman–Crippen MR) is 117 cm³/mol. The van der Waals surface area contributed by atoms with E-state index in [1.54, 1.807) is 0 Å². The van der Waals surface area contributed by atoms with Crippen LogP contribution in [-0.2, 0) is 17.6 Å². The van der Waals surface area contributed by atoms with E-state index in [-0.39, 0.29) is 24.5 Å². The summed E-state index contributed by atoms with van der Waals surface area (Å²) in [5.41, 5.74) is 4.53. The minimum Gasteiger partial charge on any atom is -0.368 e. The molecular formula is C24H27ClN2O2. The third-order valence-corrected chi connectivity index (χ3v) is 6.28. The maximum absolute atomic E-state index is 12.6. The Morgan fingerprint density at radius 2 is 1.62 bits per heavy atom. The van der Waals surface area contributed by atoms with Crippen LogP contribution in [0.4, 0.5) is 5.69 Å². The summed E-state index contributed by atoms with van der Waals surface area (Å²) in [6.45, 7) is 2.92. The molecule has 0 N–H and O–H groups in total. The van der Waals surface area contributed by atoms with Gasteiger partial charge < -0.3 is 9.80 Å². The summed E-state index contributed by atoms with van der Waals surface area (Å²) in [6.07, 6.45) is 5.18. The topological polar surface area (TPSA) is 40.6 Å². The minimum atomic E-state index is 0.0713. The van der Waals surface area contributed by atoms with E-state index in [1.165, 1.54) is 24.0 Å². The number of hydrogen-bond donors (Lipinski definition) is 0. The average molecular weight is 411 g/mol. The lowest BCUT2D eigenvalue weighted by Gasteiger charge is -2.36. The fraction of sp³-hybridized carbons (Fsp3) is 0.417. The van der Waals surface area contributed by atoms with E-state index in [1.807, 2.05) is 41.3 Å². The van der Waals surface area contributed by atoms with Crippen LogP contribution in [0, 0.1) is 0 Å². The van der Waals surface area contributed by atoms with Crippen molar-refractivity contribution in [1.82, 2.24) is 4.90 Å². The summed E-state index contributed by atoms with van der Waals surface area (Å²) >= 11 is 6.08. The number of rotatable bonds is 5. The molecule has 1 aliphatic heterocycles. The lowest BCUT2D eigenvalue weighted by molar-refractivity contribution is -0.131. The second kappa shape index (κ2) is 9.00. The highest BCUT2D eigenvalue weighted by Crippen LogP contribution is 2.24. The third kappa shape index (κ3) is 4.81. The molecule has 0 spiro atoms. The third-order valence-electron chi connectivity index (χ3n) is 6.04. The van der Waals surface area contributed by atoms with Gasteiger partial charge in [-0.1, -0.05) is 29.8 Å². The maximum atomic E-state index is 12.6. The first-order chi connectivity index (χ1) is 14.1. The van der Waals surface area contributed by atoms with Crippen molar-refractivity contribution in [3.8, 4) is 0 Å². The van der Waals surface area contributed by atoms with Gasteiger partial charge >= 0.3 is 0 Å². The van der Waals surface area contributed by atoms with Gasteiger partial charge in [-0.2, -0.15) is 0 Å². The van der Waals surface area contributed by atoms with E-state index in [2.05, 4.69) is 11.0 Å². The summed E-state index contributed by atoms with van der Waals surface area (Å²) in [6, 6.07) is 13.9. The van der Waals surface area contributed by atoms with Crippen molar-refractivity contribution in [2.45, 2.75) is 38.5 Å². The Balaban J connectivity index is 1.27. The van der Waals surface area contributed by atoms with Gasteiger partial charge in [-0.25, -0.2) is 0 Å². The Bertz CT molecular complexity index is 904. The maximum Gasteiger partial charge on any atom is 0.223 e. The van der Waals surface area contributed by atoms with E-state index in [9.17, 15) is 9.59 Å². The number of carbonyl (C=O) groups excluding carboxylic acids is 2. The minimum absolute atomic E-state index is 0.0713. The molecule has 4 rings (SSSR count). The molecule has 0 radical (unpaired) electrons. The Hall–Kier alpha value is -2.33. The highest BCUT2D eigenvalue weighted by molar-refractivity contribution is 6.30. The molecular weight excluding hydrogens is 384 g/mol. The smallest absolute Gasteiger partial charge is 0.223 e. The molecule has 0 bridgehead atoms. The van der Waals surface area contributed by atoms with Crippen molar-refractivity contribution in [1.29, 1.82) is 0 Å². The summed E-state index contributed by atoms with van der Waals surface area (Å²) in [5.74, 6) is 0.145. The van der Waals surface area contributed by atoms with E-state index >= 15 is 0 Å². The molecule has 2 aromatic rings. The van der Waals surface area contributed by atoms with Crippen molar-refractivity contribution in [3.63, 3.8) is 0 Å². The predicted octanol–water partition coefficient (Wildman–Crippen LogP) is 4.53. The SMILES string of the molecule is O=C(CCC(=O)N1CCN(c2cccc(Cl)c2)CC1)c1ccc2c(c1)CCCC2. The van der Waals surface area contributed by atoms with Crippen LogP contribution >= 0.6 is 11.6 Å². The fourth-order valence-electron chi connectivity index (χ4n) is 4.32. The first-order valence-corrected chi connectivity index (χ1v) is 10.9. The zero-order chi connectivity index (χ0) is 20.2. The normalized spacial score (nSPS) is 16.4. The Kier molecular flexibility index (Phi) is 6.19. The molecule has 0 unspecified atom stereocenters. The molecule has 1 aliphatic carbocycles. The Labute approximate surface area is 177 Å². The number of aryl methyl sites for hydroxylation is 2. The molecule has 1 amide bonds. The summed E-state index contributed by atoms with van der Waals surface area (Å²) < 4.78 is 0. The molecule has 5 heteroatoms. The van der Waals surface area contributed by atoms with Gasteiger partial charge in [-0.3, -0.25) is 9.59 Å². The second-order valence-electron chi connectivity index (χ2n) is 7.96. The van der Waals surface area contributed by atoms with Crippen LogP contribution in [0.1, 0.15) is 47.2 Å². The van der Waals surface area contributed by atoms with Crippen LogP contribution in [0.3, 0.4) is 0 Å². The average Bonchev–Trinajstić information content (AvgIpc) is 2.77. The number of piperazine rings is 1. The monoisotopic (exact) mass is 410 g/mol. The van der Waals surface area contributed by atoms with Crippen molar-refractivity contribution in [3.05, 3.63) is 64.2 Å². The number of carbonyl (C=O) groups is 2. The van der Waals surface area contributed by atoms with Gasteiger partial charge in [0.2, 0.25) is 5.91 Å². The number of Topliss-reactive ketones (excluding diaryl/α,β-unsaturated/α-hetero) is 1. The lowest BCUT2D eigenvalue weighted by atomic mass is 9.89. The first kappa shape index (κ1) is 20.0. The van der Waals surface area contributed by atoms with Crippen molar-refractivity contribution >= 4 is 29.0 Å². The van der Waals surface area contributed by atoms with E-state index in [4.69, 9.17) is 11.6 Å². The zero-order valence-electron chi connectivity index (χ0n) is 16.7. The van der Waals surface area contributed by atoms with Crippen LogP contribution in [0.5, 0.6) is 0 Å². The van der Waals surface area contributed by atoms with Gasteiger partial charge in [0.15, 0.2) is 5.78 Å². The molecule has 0 atom stereocenters. The zero-order valence-corrected chi connectivity index (χ0v) is 17.5. The number of benzene rings is 2. The van der Waals surface area contributed by atoms with Crippen LogP contribution in [-0.4, -0.2) is 42.8 Å². The van der Waals surface area contributed by atoms with Crippen molar-refractivity contribution < 1.29 is 9.59 Å². The van der Waals surface area contributed by atoms with Gasteiger partial charge in [0.1, 0.15) is 0 Å². The van der Waals surface area contributed by atoms with Crippen molar-refractivity contribution in [2.75, 3.05) is 31.1 Å². The number of fused-ring (bicyclic) bond motifs is 1. The molecule has 1 heterocycles. The van der Waals surface area contributed by atoms with E-state index in [0.29, 0.717) is 13.1 Å². The van der Waals surface area contributed by atoms with E-state index in [0.717, 1.165) is 42.2 Å². The highest BCUT2D eigenvalue weighted by atomic mass is 35.5. The number of amides is 1. The highest BCUT2D eigenvalue weighted by Gasteiger charge is 2.22. The quantitative estimate of drug-likeness (QED) is 0.680. The first-order valence-electron chi connectivity index (χ1n) is 10.5.